The van der Waals surface area contributed by atoms with Crippen LogP contribution in [0.15, 0.2) is 29.4 Å². The van der Waals surface area contributed by atoms with E-state index in [1.54, 1.807) is 6.20 Å². The monoisotopic (exact) mass is 312 g/mol. The lowest BCUT2D eigenvalue weighted by Crippen LogP contribution is -2.29. The molecule has 0 aliphatic carbocycles. The number of H-pyrrole nitrogens is 1. The Morgan fingerprint density at radius 3 is 2.71 bits per heavy atom. The number of halogens is 1. The van der Waals surface area contributed by atoms with Crippen LogP contribution in [0.1, 0.15) is 30.8 Å². The topological polar surface area (TPSA) is 101 Å². The van der Waals surface area contributed by atoms with Crippen LogP contribution >= 0.6 is 0 Å². The lowest BCUT2D eigenvalue weighted by molar-refractivity contribution is 0.537. The summed E-state index contributed by atoms with van der Waals surface area (Å²) in [6.07, 6.45) is 3.64. The first-order valence-corrected chi connectivity index (χ1v) is 7.90. The third kappa shape index (κ3) is 3.22. The maximum absolute atomic E-state index is 13.7. The van der Waals surface area contributed by atoms with Crippen molar-refractivity contribution in [2.24, 2.45) is 0 Å². The zero-order chi connectivity index (χ0) is 15.6. The van der Waals surface area contributed by atoms with Crippen molar-refractivity contribution in [3.05, 3.63) is 41.7 Å². The third-order valence-corrected chi connectivity index (χ3v) is 4.67. The standard InChI is InChI=1S/C13H17FN4O2S/c1-3-12(13-16-4-5-17-13)18-21(19,20)9-6-10(14)8(2)11(15)7-9/h4-7,12,18H,3,15H2,1-2H3,(H,16,17). The second kappa shape index (κ2) is 5.82. The molecule has 6 nitrogen and oxygen atoms in total. The molecule has 0 saturated heterocycles. The van der Waals surface area contributed by atoms with Gasteiger partial charge in [0.2, 0.25) is 10.0 Å². The van der Waals surface area contributed by atoms with Gasteiger partial charge in [-0.05, 0) is 25.5 Å². The van der Waals surface area contributed by atoms with Crippen LogP contribution < -0.4 is 10.5 Å². The van der Waals surface area contributed by atoms with Crippen LogP contribution in [0.2, 0.25) is 0 Å². The third-order valence-electron chi connectivity index (χ3n) is 3.22. The summed E-state index contributed by atoms with van der Waals surface area (Å²) in [7, 11) is -3.89. The molecular formula is C13H17FN4O2S. The van der Waals surface area contributed by atoms with Crippen molar-refractivity contribution in [2.45, 2.75) is 31.2 Å². The molecule has 2 aromatic rings. The highest BCUT2D eigenvalue weighted by Crippen LogP contribution is 2.23. The summed E-state index contributed by atoms with van der Waals surface area (Å²) in [6.45, 7) is 3.31. The second-order valence-electron chi connectivity index (χ2n) is 4.68. The molecule has 114 valence electrons. The van der Waals surface area contributed by atoms with Crippen LogP contribution in [-0.2, 0) is 10.0 Å². The predicted molar refractivity (Wildman–Crippen MR) is 77.5 cm³/mol. The van der Waals surface area contributed by atoms with Crippen molar-refractivity contribution in [1.29, 1.82) is 0 Å². The van der Waals surface area contributed by atoms with Gasteiger partial charge in [0.05, 0.1) is 10.9 Å². The number of rotatable bonds is 5. The number of anilines is 1. The Morgan fingerprint density at radius 2 is 2.19 bits per heavy atom. The van der Waals surface area contributed by atoms with E-state index in [0.717, 1.165) is 6.07 Å². The first kappa shape index (κ1) is 15.5. The number of nitrogens with one attached hydrogen (secondary N) is 2. The Morgan fingerprint density at radius 1 is 1.48 bits per heavy atom. The largest absolute Gasteiger partial charge is 0.398 e. The molecule has 0 spiro atoms. The molecule has 21 heavy (non-hydrogen) atoms. The molecule has 0 aliphatic heterocycles. The minimum absolute atomic E-state index is 0.0985. The maximum Gasteiger partial charge on any atom is 0.241 e. The fraction of sp³-hybridized carbons (Fsp3) is 0.308. The molecule has 1 atom stereocenters. The van der Waals surface area contributed by atoms with Crippen LogP contribution in [0, 0.1) is 12.7 Å². The SMILES string of the molecule is CCC(NS(=O)(=O)c1cc(N)c(C)c(F)c1)c1ncc[nH]1. The normalized spacial score (nSPS) is 13.3. The molecule has 0 amide bonds. The van der Waals surface area contributed by atoms with Crippen molar-refractivity contribution in [3.63, 3.8) is 0 Å². The first-order chi connectivity index (χ1) is 9.85. The Hall–Kier alpha value is -1.93. The summed E-state index contributed by atoms with van der Waals surface area (Å²) in [5, 5.41) is 0. The van der Waals surface area contributed by atoms with E-state index in [1.807, 2.05) is 6.92 Å². The lowest BCUT2D eigenvalue weighted by Gasteiger charge is -2.15. The Labute approximate surface area is 122 Å². The van der Waals surface area contributed by atoms with Gasteiger partial charge in [0.25, 0.3) is 0 Å². The van der Waals surface area contributed by atoms with E-state index in [2.05, 4.69) is 14.7 Å². The van der Waals surface area contributed by atoms with Crippen LogP contribution in [0.3, 0.4) is 0 Å². The van der Waals surface area contributed by atoms with Crippen molar-refractivity contribution in [1.82, 2.24) is 14.7 Å². The molecule has 0 radical (unpaired) electrons. The quantitative estimate of drug-likeness (QED) is 0.734. The summed E-state index contributed by atoms with van der Waals surface area (Å²) in [6, 6.07) is 1.69. The van der Waals surface area contributed by atoms with Gasteiger partial charge in [0.1, 0.15) is 11.6 Å². The van der Waals surface area contributed by atoms with Gasteiger partial charge in [-0.25, -0.2) is 22.5 Å². The highest BCUT2D eigenvalue weighted by Gasteiger charge is 2.23. The number of benzene rings is 1. The van der Waals surface area contributed by atoms with Gasteiger partial charge in [-0.3, -0.25) is 0 Å². The van der Waals surface area contributed by atoms with Crippen LogP contribution in [0.5, 0.6) is 0 Å². The Kier molecular flexibility index (Phi) is 4.29. The summed E-state index contributed by atoms with van der Waals surface area (Å²) in [5.41, 5.74) is 5.95. The predicted octanol–water partition coefficient (Wildman–Crippen LogP) is 1.87. The molecular weight excluding hydrogens is 295 g/mol. The summed E-state index contributed by atoms with van der Waals surface area (Å²) >= 11 is 0. The summed E-state index contributed by atoms with van der Waals surface area (Å²) in [4.78, 5) is 6.69. The molecule has 1 aromatic carbocycles. The van der Waals surface area contributed by atoms with E-state index in [1.165, 1.54) is 19.2 Å². The number of imidazole rings is 1. The molecule has 1 aromatic heterocycles. The van der Waals surface area contributed by atoms with Crippen molar-refractivity contribution in [2.75, 3.05) is 5.73 Å². The Balaban J connectivity index is 2.34. The first-order valence-electron chi connectivity index (χ1n) is 6.42. The van der Waals surface area contributed by atoms with E-state index >= 15 is 0 Å². The molecule has 0 aliphatic rings. The molecule has 1 unspecified atom stereocenters. The number of nitrogens with zero attached hydrogens (tertiary/aromatic N) is 1. The second-order valence-corrected chi connectivity index (χ2v) is 6.39. The molecule has 0 saturated carbocycles. The zero-order valence-corrected chi connectivity index (χ0v) is 12.5. The fourth-order valence-electron chi connectivity index (χ4n) is 1.89. The van der Waals surface area contributed by atoms with Gasteiger partial charge in [-0.15, -0.1) is 0 Å². The van der Waals surface area contributed by atoms with Crippen LogP contribution in [0.4, 0.5) is 10.1 Å². The van der Waals surface area contributed by atoms with Crippen LogP contribution in [0.25, 0.3) is 0 Å². The number of nitrogen functional groups attached to an aromatic ring is 1. The molecule has 2 rings (SSSR count). The Bertz CT molecular complexity index is 706. The van der Waals surface area contributed by atoms with Gasteiger partial charge in [0, 0.05) is 23.6 Å². The van der Waals surface area contributed by atoms with Crippen molar-refractivity contribution < 1.29 is 12.8 Å². The minimum atomic E-state index is -3.89. The number of nitrogens with two attached hydrogens (primary N) is 1. The highest BCUT2D eigenvalue weighted by atomic mass is 32.2. The molecule has 0 bridgehead atoms. The number of sulfonamides is 1. The maximum atomic E-state index is 13.7. The van der Waals surface area contributed by atoms with Gasteiger partial charge >= 0.3 is 0 Å². The summed E-state index contributed by atoms with van der Waals surface area (Å²) in [5.74, 6) is -0.150. The number of aromatic amines is 1. The highest BCUT2D eigenvalue weighted by molar-refractivity contribution is 7.89. The smallest absolute Gasteiger partial charge is 0.241 e. The van der Waals surface area contributed by atoms with Crippen molar-refractivity contribution in [3.8, 4) is 0 Å². The van der Waals surface area contributed by atoms with Crippen molar-refractivity contribution >= 4 is 15.7 Å². The van der Waals surface area contributed by atoms with E-state index in [-0.39, 0.29) is 16.1 Å². The minimum Gasteiger partial charge on any atom is -0.398 e. The summed E-state index contributed by atoms with van der Waals surface area (Å²) < 4.78 is 40.8. The zero-order valence-electron chi connectivity index (χ0n) is 11.7. The van der Waals surface area contributed by atoms with E-state index in [9.17, 15) is 12.8 Å². The van der Waals surface area contributed by atoms with E-state index in [4.69, 9.17) is 5.73 Å². The molecule has 4 N–H and O–H groups in total. The molecule has 0 fully saturated rings. The fourth-order valence-corrected chi connectivity index (χ4v) is 3.21. The van der Waals surface area contributed by atoms with Gasteiger partial charge in [-0.1, -0.05) is 6.92 Å². The lowest BCUT2D eigenvalue weighted by atomic mass is 10.2. The average molecular weight is 312 g/mol. The number of hydrogen-bond donors (Lipinski definition) is 3. The molecule has 1 heterocycles. The number of aromatic nitrogens is 2. The number of hydrogen-bond acceptors (Lipinski definition) is 4. The van der Waals surface area contributed by atoms with Gasteiger partial charge in [0.15, 0.2) is 0 Å². The van der Waals surface area contributed by atoms with Gasteiger partial charge < -0.3 is 10.7 Å². The van der Waals surface area contributed by atoms with E-state index in [0.29, 0.717) is 12.2 Å². The van der Waals surface area contributed by atoms with Crippen LogP contribution in [-0.4, -0.2) is 18.4 Å². The van der Waals surface area contributed by atoms with E-state index < -0.39 is 21.9 Å². The van der Waals surface area contributed by atoms with Gasteiger partial charge in [-0.2, -0.15) is 0 Å². The average Bonchev–Trinajstić information content (AvgIpc) is 2.95. The molecule has 8 heteroatoms.